The van der Waals surface area contributed by atoms with Crippen molar-refractivity contribution in [3.8, 4) is 0 Å². The Kier molecular flexibility index (Phi) is 6.33. The van der Waals surface area contributed by atoms with Crippen LogP contribution in [0, 0.1) is 0 Å². The van der Waals surface area contributed by atoms with Crippen LogP contribution in [-0.4, -0.2) is 31.4 Å². The Bertz CT molecular complexity index is 802. The van der Waals surface area contributed by atoms with Crippen LogP contribution >= 0.6 is 0 Å². The Morgan fingerprint density at radius 2 is 1.68 bits per heavy atom. The highest BCUT2D eigenvalue weighted by Crippen LogP contribution is 2.22. The number of nitrogens with zero attached hydrogens (tertiary/aromatic N) is 1. The van der Waals surface area contributed by atoms with Gasteiger partial charge in [0.05, 0.1) is 12.8 Å². The summed E-state index contributed by atoms with van der Waals surface area (Å²) in [5, 5.41) is 2.76. The van der Waals surface area contributed by atoms with Crippen LogP contribution in [0.15, 0.2) is 54.6 Å². The van der Waals surface area contributed by atoms with Crippen LogP contribution in [0.2, 0.25) is 0 Å². The van der Waals surface area contributed by atoms with E-state index in [0.717, 1.165) is 18.2 Å². The van der Waals surface area contributed by atoms with Gasteiger partial charge >= 0.3 is 0 Å². The molecule has 2 rings (SSSR count). The van der Waals surface area contributed by atoms with E-state index in [9.17, 15) is 13.2 Å². The summed E-state index contributed by atoms with van der Waals surface area (Å²) in [4.78, 5) is 12.3. The van der Waals surface area contributed by atoms with Gasteiger partial charge < -0.3 is 5.32 Å². The number of anilines is 1. The summed E-state index contributed by atoms with van der Waals surface area (Å²) in [6.45, 7) is 3.60. The molecule has 2 aromatic carbocycles. The summed E-state index contributed by atoms with van der Waals surface area (Å²) in [7, 11) is -3.54. The minimum atomic E-state index is -3.54. The SMILES string of the molecule is CCc1ccc(NC(=O)CN(C(C)c2ccccc2)S(C)(=O)=O)cc1. The molecule has 134 valence electrons. The Labute approximate surface area is 149 Å². The summed E-state index contributed by atoms with van der Waals surface area (Å²) >= 11 is 0. The molecule has 1 N–H and O–H groups in total. The van der Waals surface area contributed by atoms with E-state index in [1.54, 1.807) is 6.92 Å². The van der Waals surface area contributed by atoms with Crippen molar-refractivity contribution < 1.29 is 13.2 Å². The van der Waals surface area contributed by atoms with Crippen LogP contribution in [0.3, 0.4) is 0 Å². The lowest BCUT2D eigenvalue weighted by atomic mass is 10.1. The first-order valence-corrected chi connectivity index (χ1v) is 10.1. The van der Waals surface area contributed by atoms with E-state index < -0.39 is 16.1 Å². The van der Waals surface area contributed by atoms with Crippen molar-refractivity contribution in [2.45, 2.75) is 26.3 Å². The van der Waals surface area contributed by atoms with Gasteiger partial charge in [0.15, 0.2) is 0 Å². The molecule has 0 saturated carbocycles. The fourth-order valence-corrected chi connectivity index (χ4v) is 3.65. The van der Waals surface area contributed by atoms with Gasteiger partial charge in [0, 0.05) is 11.7 Å². The molecule has 0 bridgehead atoms. The van der Waals surface area contributed by atoms with Crippen molar-refractivity contribution in [2.75, 3.05) is 18.1 Å². The summed E-state index contributed by atoms with van der Waals surface area (Å²) in [6, 6.07) is 16.4. The lowest BCUT2D eigenvalue weighted by molar-refractivity contribution is -0.116. The molecule has 25 heavy (non-hydrogen) atoms. The number of amides is 1. The fourth-order valence-electron chi connectivity index (χ4n) is 2.61. The summed E-state index contributed by atoms with van der Waals surface area (Å²) in [6.07, 6.45) is 2.04. The summed E-state index contributed by atoms with van der Waals surface area (Å²) in [5.74, 6) is -0.363. The molecule has 0 radical (unpaired) electrons. The monoisotopic (exact) mass is 360 g/mol. The van der Waals surface area contributed by atoms with Crippen LogP contribution in [0.25, 0.3) is 0 Å². The van der Waals surface area contributed by atoms with Crippen LogP contribution in [-0.2, 0) is 21.2 Å². The zero-order valence-corrected chi connectivity index (χ0v) is 15.6. The number of hydrogen-bond donors (Lipinski definition) is 1. The zero-order valence-electron chi connectivity index (χ0n) is 14.8. The van der Waals surface area contributed by atoms with Gasteiger partial charge in [-0.2, -0.15) is 4.31 Å². The van der Waals surface area contributed by atoms with Gasteiger partial charge in [-0.1, -0.05) is 49.4 Å². The van der Waals surface area contributed by atoms with Gasteiger partial charge in [0.25, 0.3) is 0 Å². The largest absolute Gasteiger partial charge is 0.325 e. The number of carbonyl (C=O) groups is 1. The molecule has 1 unspecified atom stereocenters. The Morgan fingerprint density at radius 3 is 2.20 bits per heavy atom. The Morgan fingerprint density at radius 1 is 1.08 bits per heavy atom. The molecule has 1 amide bonds. The first-order valence-electron chi connectivity index (χ1n) is 8.21. The molecule has 0 aliphatic carbocycles. The second kappa shape index (κ2) is 8.27. The standard InChI is InChI=1S/C19H24N2O3S/c1-4-16-10-12-18(13-11-16)20-19(22)14-21(25(3,23)24)15(2)17-8-6-5-7-9-17/h5-13,15H,4,14H2,1-3H3,(H,20,22). The molecule has 0 spiro atoms. The molecular weight excluding hydrogens is 336 g/mol. The van der Waals surface area contributed by atoms with Gasteiger partial charge in [0.1, 0.15) is 0 Å². The third-order valence-electron chi connectivity index (χ3n) is 4.09. The molecule has 0 aliphatic rings. The number of rotatable bonds is 7. The van der Waals surface area contributed by atoms with Crippen molar-refractivity contribution in [1.82, 2.24) is 4.31 Å². The first-order chi connectivity index (χ1) is 11.8. The highest BCUT2D eigenvalue weighted by Gasteiger charge is 2.26. The lowest BCUT2D eigenvalue weighted by Crippen LogP contribution is -2.39. The molecule has 0 heterocycles. The van der Waals surface area contributed by atoms with E-state index in [0.29, 0.717) is 5.69 Å². The van der Waals surface area contributed by atoms with Gasteiger partial charge in [-0.3, -0.25) is 4.79 Å². The fraction of sp³-hybridized carbons (Fsp3) is 0.316. The minimum absolute atomic E-state index is 0.232. The average molecular weight is 360 g/mol. The Hall–Kier alpha value is -2.18. The van der Waals surface area contributed by atoms with Crippen molar-refractivity contribution in [2.24, 2.45) is 0 Å². The highest BCUT2D eigenvalue weighted by molar-refractivity contribution is 7.88. The number of benzene rings is 2. The summed E-state index contributed by atoms with van der Waals surface area (Å²) < 4.78 is 25.5. The molecule has 5 nitrogen and oxygen atoms in total. The quantitative estimate of drug-likeness (QED) is 0.824. The van der Waals surface area contributed by atoms with E-state index in [1.807, 2.05) is 54.6 Å². The second-order valence-corrected chi connectivity index (χ2v) is 7.93. The number of hydrogen-bond acceptors (Lipinski definition) is 3. The van der Waals surface area contributed by atoms with E-state index in [1.165, 1.54) is 9.87 Å². The second-order valence-electron chi connectivity index (χ2n) is 5.99. The van der Waals surface area contributed by atoms with Crippen molar-refractivity contribution in [1.29, 1.82) is 0 Å². The molecule has 0 aromatic heterocycles. The molecule has 0 saturated heterocycles. The van der Waals surface area contributed by atoms with Crippen molar-refractivity contribution in [3.63, 3.8) is 0 Å². The Balaban J connectivity index is 2.12. The maximum atomic E-state index is 12.3. The van der Waals surface area contributed by atoms with E-state index >= 15 is 0 Å². The molecule has 2 aromatic rings. The number of sulfonamides is 1. The lowest BCUT2D eigenvalue weighted by Gasteiger charge is -2.26. The van der Waals surface area contributed by atoms with Crippen molar-refractivity contribution in [3.05, 3.63) is 65.7 Å². The normalized spacial score (nSPS) is 12.8. The molecule has 0 aliphatic heterocycles. The molecule has 1 atom stereocenters. The third-order valence-corrected chi connectivity index (χ3v) is 5.38. The smallest absolute Gasteiger partial charge is 0.239 e. The van der Waals surface area contributed by atoms with Crippen LogP contribution in [0.1, 0.15) is 31.0 Å². The maximum absolute atomic E-state index is 12.3. The number of carbonyl (C=O) groups excluding carboxylic acids is 1. The zero-order chi connectivity index (χ0) is 18.4. The maximum Gasteiger partial charge on any atom is 0.239 e. The van der Waals surface area contributed by atoms with Crippen LogP contribution < -0.4 is 5.32 Å². The van der Waals surface area contributed by atoms with E-state index in [4.69, 9.17) is 0 Å². The number of aryl methyl sites for hydroxylation is 1. The average Bonchev–Trinajstić information content (AvgIpc) is 2.59. The van der Waals surface area contributed by atoms with E-state index in [-0.39, 0.29) is 12.5 Å². The molecular formula is C19H24N2O3S. The molecule has 0 fully saturated rings. The summed E-state index contributed by atoms with van der Waals surface area (Å²) in [5.41, 5.74) is 2.67. The van der Waals surface area contributed by atoms with Crippen molar-refractivity contribution >= 4 is 21.6 Å². The minimum Gasteiger partial charge on any atom is -0.325 e. The first kappa shape index (κ1) is 19.1. The van der Waals surface area contributed by atoms with Gasteiger partial charge in [-0.25, -0.2) is 8.42 Å². The topological polar surface area (TPSA) is 66.5 Å². The van der Waals surface area contributed by atoms with E-state index in [2.05, 4.69) is 12.2 Å². The van der Waals surface area contributed by atoms with Crippen LogP contribution in [0.5, 0.6) is 0 Å². The van der Waals surface area contributed by atoms with Gasteiger partial charge in [-0.05, 0) is 36.6 Å². The predicted molar refractivity (Wildman–Crippen MR) is 101 cm³/mol. The number of nitrogens with one attached hydrogen (secondary N) is 1. The van der Waals surface area contributed by atoms with Crippen LogP contribution in [0.4, 0.5) is 5.69 Å². The third kappa shape index (κ3) is 5.41. The van der Waals surface area contributed by atoms with Gasteiger partial charge in [-0.15, -0.1) is 0 Å². The predicted octanol–water partition coefficient (Wildman–Crippen LogP) is 3.21. The van der Waals surface area contributed by atoms with Gasteiger partial charge in [0.2, 0.25) is 15.9 Å². The molecule has 6 heteroatoms. The highest BCUT2D eigenvalue weighted by atomic mass is 32.2.